The summed E-state index contributed by atoms with van der Waals surface area (Å²) in [6.07, 6.45) is 2.06. The third-order valence-corrected chi connectivity index (χ3v) is 3.25. The van der Waals surface area contributed by atoms with Crippen molar-refractivity contribution in [2.75, 3.05) is 7.11 Å². The van der Waals surface area contributed by atoms with Gasteiger partial charge in [-0.3, -0.25) is 0 Å². The molecular formula is C15H20N2O. The lowest BCUT2D eigenvalue weighted by Crippen LogP contribution is -2.20. The summed E-state index contributed by atoms with van der Waals surface area (Å²) in [5.41, 5.74) is 2.46. The Morgan fingerprint density at radius 3 is 2.67 bits per heavy atom. The van der Waals surface area contributed by atoms with Crippen LogP contribution in [-0.2, 0) is 13.6 Å². The van der Waals surface area contributed by atoms with E-state index < -0.39 is 0 Å². The van der Waals surface area contributed by atoms with Crippen LogP contribution in [0.4, 0.5) is 0 Å². The number of methoxy groups -OCH3 is 1. The normalized spacial score (nSPS) is 12.4. The molecule has 3 nitrogen and oxygen atoms in total. The van der Waals surface area contributed by atoms with Gasteiger partial charge in [-0.1, -0.05) is 18.2 Å². The first-order chi connectivity index (χ1) is 8.72. The zero-order valence-electron chi connectivity index (χ0n) is 11.2. The van der Waals surface area contributed by atoms with Crippen molar-refractivity contribution in [2.45, 2.75) is 19.5 Å². The molecule has 0 radical (unpaired) electrons. The monoisotopic (exact) mass is 244 g/mol. The van der Waals surface area contributed by atoms with E-state index in [-0.39, 0.29) is 6.04 Å². The van der Waals surface area contributed by atoms with E-state index in [1.165, 1.54) is 11.3 Å². The van der Waals surface area contributed by atoms with Crippen LogP contribution in [0, 0.1) is 0 Å². The fourth-order valence-electron chi connectivity index (χ4n) is 2.07. The lowest BCUT2D eigenvalue weighted by Gasteiger charge is -2.17. The SMILES string of the molecule is COc1ccccc1[C@H](C)NCc1cccn1C. The highest BCUT2D eigenvalue weighted by atomic mass is 16.5. The van der Waals surface area contributed by atoms with E-state index in [1.54, 1.807) is 7.11 Å². The number of aryl methyl sites for hydroxylation is 1. The fourth-order valence-corrected chi connectivity index (χ4v) is 2.07. The predicted octanol–water partition coefficient (Wildman–Crippen LogP) is 2.88. The number of para-hydroxylation sites is 1. The second-order valence-corrected chi connectivity index (χ2v) is 4.45. The molecule has 0 aliphatic heterocycles. The number of nitrogens with one attached hydrogen (secondary N) is 1. The Kier molecular flexibility index (Phi) is 4.05. The largest absolute Gasteiger partial charge is 0.496 e. The molecule has 1 aromatic carbocycles. The molecule has 96 valence electrons. The minimum absolute atomic E-state index is 0.260. The molecule has 0 saturated heterocycles. The summed E-state index contributed by atoms with van der Waals surface area (Å²) in [5.74, 6) is 0.935. The van der Waals surface area contributed by atoms with E-state index in [4.69, 9.17) is 4.74 Å². The maximum absolute atomic E-state index is 5.38. The summed E-state index contributed by atoms with van der Waals surface area (Å²) < 4.78 is 7.51. The van der Waals surface area contributed by atoms with Crippen molar-refractivity contribution in [3.63, 3.8) is 0 Å². The van der Waals surface area contributed by atoms with E-state index in [0.29, 0.717) is 0 Å². The van der Waals surface area contributed by atoms with Crippen LogP contribution in [0.2, 0.25) is 0 Å². The van der Waals surface area contributed by atoms with Crippen molar-refractivity contribution in [3.05, 3.63) is 53.9 Å². The summed E-state index contributed by atoms with van der Waals surface area (Å²) in [4.78, 5) is 0. The van der Waals surface area contributed by atoms with Gasteiger partial charge in [0.1, 0.15) is 5.75 Å². The number of ether oxygens (including phenoxy) is 1. The first-order valence-electron chi connectivity index (χ1n) is 6.19. The van der Waals surface area contributed by atoms with Crippen molar-refractivity contribution in [3.8, 4) is 5.75 Å². The summed E-state index contributed by atoms with van der Waals surface area (Å²) in [5, 5.41) is 3.52. The minimum atomic E-state index is 0.260. The quantitative estimate of drug-likeness (QED) is 0.875. The van der Waals surface area contributed by atoms with Gasteiger partial charge in [-0.05, 0) is 25.1 Å². The van der Waals surface area contributed by atoms with Crippen molar-refractivity contribution in [1.29, 1.82) is 0 Å². The third-order valence-electron chi connectivity index (χ3n) is 3.25. The van der Waals surface area contributed by atoms with Gasteiger partial charge in [0.2, 0.25) is 0 Å². The van der Waals surface area contributed by atoms with Gasteiger partial charge in [0, 0.05) is 37.1 Å². The van der Waals surface area contributed by atoms with Crippen molar-refractivity contribution in [1.82, 2.24) is 9.88 Å². The van der Waals surface area contributed by atoms with Gasteiger partial charge < -0.3 is 14.6 Å². The van der Waals surface area contributed by atoms with Crippen molar-refractivity contribution < 1.29 is 4.74 Å². The van der Waals surface area contributed by atoms with Crippen LogP contribution in [-0.4, -0.2) is 11.7 Å². The van der Waals surface area contributed by atoms with Gasteiger partial charge in [-0.15, -0.1) is 0 Å². The van der Waals surface area contributed by atoms with E-state index in [1.807, 2.05) is 18.2 Å². The number of aromatic nitrogens is 1. The number of nitrogens with zero attached hydrogens (tertiary/aromatic N) is 1. The Morgan fingerprint density at radius 1 is 1.22 bits per heavy atom. The topological polar surface area (TPSA) is 26.2 Å². The van der Waals surface area contributed by atoms with Crippen LogP contribution in [0.3, 0.4) is 0 Å². The average Bonchev–Trinajstić information content (AvgIpc) is 2.81. The summed E-state index contributed by atoms with van der Waals surface area (Å²) >= 11 is 0. The summed E-state index contributed by atoms with van der Waals surface area (Å²) in [6, 6.07) is 12.6. The van der Waals surface area contributed by atoms with Gasteiger partial charge >= 0.3 is 0 Å². The number of benzene rings is 1. The average molecular weight is 244 g/mol. The molecule has 0 bridgehead atoms. The smallest absolute Gasteiger partial charge is 0.123 e. The highest BCUT2D eigenvalue weighted by Crippen LogP contribution is 2.24. The molecular weight excluding hydrogens is 224 g/mol. The summed E-state index contributed by atoms with van der Waals surface area (Å²) in [7, 11) is 3.77. The van der Waals surface area contributed by atoms with Gasteiger partial charge in [0.15, 0.2) is 0 Å². The molecule has 0 spiro atoms. The first kappa shape index (κ1) is 12.7. The van der Waals surface area contributed by atoms with Crippen LogP contribution in [0.5, 0.6) is 5.75 Å². The second kappa shape index (κ2) is 5.74. The second-order valence-electron chi connectivity index (χ2n) is 4.45. The van der Waals surface area contributed by atoms with Gasteiger partial charge in [-0.2, -0.15) is 0 Å². The van der Waals surface area contributed by atoms with Crippen molar-refractivity contribution >= 4 is 0 Å². The van der Waals surface area contributed by atoms with E-state index in [0.717, 1.165) is 12.3 Å². The number of hydrogen-bond acceptors (Lipinski definition) is 2. The molecule has 18 heavy (non-hydrogen) atoms. The third kappa shape index (κ3) is 2.74. The van der Waals surface area contributed by atoms with Crippen LogP contribution in [0.1, 0.15) is 24.2 Å². The molecule has 1 aromatic heterocycles. The molecule has 1 heterocycles. The Morgan fingerprint density at radius 2 is 2.00 bits per heavy atom. The zero-order chi connectivity index (χ0) is 13.0. The molecule has 0 unspecified atom stereocenters. The van der Waals surface area contributed by atoms with Gasteiger partial charge in [0.05, 0.1) is 7.11 Å². The molecule has 1 atom stereocenters. The first-order valence-corrected chi connectivity index (χ1v) is 6.19. The Balaban J connectivity index is 2.03. The minimum Gasteiger partial charge on any atom is -0.496 e. The van der Waals surface area contributed by atoms with E-state index in [9.17, 15) is 0 Å². The van der Waals surface area contributed by atoms with Crippen molar-refractivity contribution in [2.24, 2.45) is 7.05 Å². The molecule has 0 aliphatic rings. The van der Waals surface area contributed by atoms with Crippen LogP contribution in [0.15, 0.2) is 42.6 Å². The summed E-state index contributed by atoms with van der Waals surface area (Å²) in [6.45, 7) is 3.00. The zero-order valence-corrected chi connectivity index (χ0v) is 11.2. The highest BCUT2D eigenvalue weighted by Gasteiger charge is 2.10. The molecule has 0 aliphatic carbocycles. The molecule has 0 fully saturated rings. The molecule has 2 rings (SSSR count). The maximum Gasteiger partial charge on any atom is 0.123 e. The molecule has 0 saturated carbocycles. The number of hydrogen-bond donors (Lipinski definition) is 1. The van der Waals surface area contributed by atoms with E-state index in [2.05, 4.69) is 48.3 Å². The number of rotatable bonds is 5. The maximum atomic E-state index is 5.38. The van der Waals surface area contributed by atoms with E-state index >= 15 is 0 Å². The standard InChI is InChI=1S/C15H20N2O/c1-12(14-8-4-5-9-15(14)18-3)16-11-13-7-6-10-17(13)2/h4-10,12,16H,11H2,1-3H3/t12-/m0/s1. The lowest BCUT2D eigenvalue weighted by molar-refractivity contribution is 0.401. The van der Waals surface area contributed by atoms with Gasteiger partial charge in [-0.25, -0.2) is 0 Å². The molecule has 1 N–H and O–H groups in total. The molecule has 2 aromatic rings. The van der Waals surface area contributed by atoms with Crippen LogP contribution < -0.4 is 10.1 Å². The lowest BCUT2D eigenvalue weighted by atomic mass is 10.1. The van der Waals surface area contributed by atoms with Crippen LogP contribution >= 0.6 is 0 Å². The Hall–Kier alpha value is -1.74. The fraction of sp³-hybridized carbons (Fsp3) is 0.333. The Bertz CT molecular complexity index is 505. The molecule has 3 heteroatoms. The molecule has 0 amide bonds. The Labute approximate surface area is 108 Å². The predicted molar refractivity (Wildman–Crippen MR) is 73.7 cm³/mol. The highest BCUT2D eigenvalue weighted by molar-refractivity contribution is 5.35. The van der Waals surface area contributed by atoms with Gasteiger partial charge in [0.25, 0.3) is 0 Å². The van der Waals surface area contributed by atoms with Crippen LogP contribution in [0.25, 0.3) is 0 Å².